The maximum absolute atomic E-state index is 10.9. The fourth-order valence-corrected chi connectivity index (χ4v) is 2.08. The molecule has 0 atom stereocenters. The summed E-state index contributed by atoms with van der Waals surface area (Å²) in [4.78, 5) is 10.9. The zero-order valence-electron chi connectivity index (χ0n) is 11.3. The van der Waals surface area contributed by atoms with Crippen molar-refractivity contribution in [2.24, 2.45) is 16.2 Å². The second-order valence-electron chi connectivity index (χ2n) is 4.48. The van der Waals surface area contributed by atoms with E-state index >= 15 is 0 Å². The van der Waals surface area contributed by atoms with E-state index in [2.05, 4.69) is 10.3 Å². The Morgan fingerprint density at radius 3 is 2.25 bits per heavy atom. The summed E-state index contributed by atoms with van der Waals surface area (Å²) in [5, 5.41) is 16.1. The quantitative estimate of drug-likeness (QED) is 0.506. The van der Waals surface area contributed by atoms with E-state index in [0.29, 0.717) is 0 Å². The molecule has 102 valence electrons. The maximum atomic E-state index is 10.9. The Morgan fingerprint density at radius 2 is 1.70 bits per heavy atom. The summed E-state index contributed by atoms with van der Waals surface area (Å²) in [6.45, 7) is 3.94. The first kappa shape index (κ1) is 13.7. The highest BCUT2D eigenvalue weighted by Crippen LogP contribution is 2.31. The van der Waals surface area contributed by atoms with Crippen molar-refractivity contribution >= 4 is 11.7 Å². The third-order valence-corrected chi connectivity index (χ3v) is 3.37. The van der Waals surface area contributed by atoms with Crippen molar-refractivity contribution in [1.82, 2.24) is 0 Å². The molecule has 5 heteroatoms. The Hall–Kier alpha value is -2.69. The molecule has 0 aliphatic heterocycles. The fraction of sp³-hybridized carbons (Fsp3) is 0.133. The maximum Gasteiger partial charge on any atom is 0.335 e. The van der Waals surface area contributed by atoms with Crippen LogP contribution in [-0.2, 0) is 0 Å². The Morgan fingerprint density at radius 1 is 1.05 bits per heavy atom. The molecule has 0 radical (unpaired) electrons. The van der Waals surface area contributed by atoms with E-state index in [1.54, 1.807) is 24.3 Å². The minimum Gasteiger partial charge on any atom is -0.478 e. The number of carboxylic acid groups (broad SMARTS) is 1. The van der Waals surface area contributed by atoms with Crippen LogP contribution >= 0.6 is 0 Å². The van der Waals surface area contributed by atoms with Crippen molar-refractivity contribution in [2.45, 2.75) is 13.8 Å². The second kappa shape index (κ2) is 5.52. The zero-order chi connectivity index (χ0) is 14.7. The van der Waals surface area contributed by atoms with Crippen molar-refractivity contribution in [2.75, 3.05) is 0 Å². The highest BCUT2D eigenvalue weighted by atomic mass is 16.4. The monoisotopic (exact) mass is 269 g/mol. The van der Waals surface area contributed by atoms with E-state index < -0.39 is 5.97 Å². The summed E-state index contributed by atoms with van der Waals surface area (Å²) in [5.74, 6) is 4.15. The van der Waals surface area contributed by atoms with Crippen LogP contribution in [0, 0.1) is 13.8 Å². The number of hydrogen-bond acceptors (Lipinski definition) is 3. The molecule has 0 heterocycles. The van der Waals surface area contributed by atoms with Gasteiger partial charge in [0.25, 0.3) is 0 Å². The van der Waals surface area contributed by atoms with Crippen molar-refractivity contribution in [1.29, 1.82) is 0 Å². The SMILES string of the molecule is Cc1c(N=NN)ccc(-c2ccc(C(=O)O)cc2)c1C. The molecule has 0 bridgehead atoms. The number of hydrogen-bond donors (Lipinski definition) is 2. The van der Waals surface area contributed by atoms with E-state index in [1.165, 1.54) is 0 Å². The minimum atomic E-state index is -0.928. The number of nitrogens with zero attached hydrogens (tertiary/aromatic N) is 2. The van der Waals surface area contributed by atoms with Gasteiger partial charge in [0.15, 0.2) is 0 Å². The zero-order valence-corrected chi connectivity index (χ0v) is 11.3. The topological polar surface area (TPSA) is 88.0 Å². The average Bonchev–Trinajstić information content (AvgIpc) is 2.44. The van der Waals surface area contributed by atoms with Gasteiger partial charge < -0.3 is 10.9 Å². The van der Waals surface area contributed by atoms with Gasteiger partial charge in [-0.1, -0.05) is 23.4 Å². The summed E-state index contributed by atoms with van der Waals surface area (Å²) in [6, 6.07) is 10.6. The lowest BCUT2D eigenvalue weighted by Gasteiger charge is -2.11. The van der Waals surface area contributed by atoms with Crippen molar-refractivity contribution in [3.63, 3.8) is 0 Å². The van der Waals surface area contributed by atoms with E-state index in [4.69, 9.17) is 10.9 Å². The largest absolute Gasteiger partial charge is 0.478 e. The van der Waals surface area contributed by atoms with Crippen LogP contribution in [0.5, 0.6) is 0 Å². The first-order valence-corrected chi connectivity index (χ1v) is 6.09. The van der Waals surface area contributed by atoms with E-state index in [1.807, 2.05) is 26.0 Å². The van der Waals surface area contributed by atoms with Crippen LogP contribution in [0.15, 0.2) is 46.7 Å². The molecule has 0 fully saturated rings. The molecule has 0 aromatic heterocycles. The molecule has 20 heavy (non-hydrogen) atoms. The first-order valence-electron chi connectivity index (χ1n) is 6.09. The molecule has 2 rings (SSSR count). The third kappa shape index (κ3) is 2.51. The van der Waals surface area contributed by atoms with Gasteiger partial charge in [-0.15, -0.1) is 5.11 Å². The predicted molar refractivity (Wildman–Crippen MR) is 77.0 cm³/mol. The first-order chi connectivity index (χ1) is 9.54. The van der Waals surface area contributed by atoms with Crippen LogP contribution in [-0.4, -0.2) is 11.1 Å². The van der Waals surface area contributed by atoms with E-state index in [-0.39, 0.29) is 5.56 Å². The standard InChI is InChI=1S/C15H15N3O2/c1-9-10(2)14(17-18-16)8-7-13(9)11-3-5-12(6-4-11)15(19)20/h3-8H,1-2H3,(H2,16,17)(H,19,20). The molecule has 5 nitrogen and oxygen atoms in total. The van der Waals surface area contributed by atoms with Gasteiger partial charge in [0.2, 0.25) is 0 Å². The highest BCUT2D eigenvalue weighted by molar-refractivity contribution is 5.88. The molecule has 0 amide bonds. The lowest BCUT2D eigenvalue weighted by atomic mass is 9.95. The Labute approximate surface area is 116 Å². The van der Waals surface area contributed by atoms with Gasteiger partial charge in [0, 0.05) is 0 Å². The summed E-state index contributed by atoms with van der Waals surface area (Å²) in [7, 11) is 0. The van der Waals surface area contributed by atoms with Crippen LogP contribution in [0.1, 0.15) is 21.5 Å². The Kier molecular flexibility index (Phi) is 3.79. The van der Waals surface area contributed by atoms with Crippen LogP contribution < -0.4 is 5.84 Å². The fourth-order valence-electron chi connectivity index (χ4n) is 2.08. The Balaban J connectivity index is 2.48. The van der Waals surface area contributed by atoms with Crippen LogP contribution in [0.2, 0.25) is 0 Å². The van der Waals surface area contributed by atoms with Gasteiger partial charge in [-0.2, -0.15) is 0 Å². The predicted octanol–water partition coefficient (Wildman–Crippen LogP) is 3.63. The molecule has 0 saturated carbocycles. The minimum absolute atomic E-state index is 0.275. The Bertz CT molecular complexity index is 676. The molecule has 0 saturated heterocycles. The molecule has 3 N–H and O–H groups in total. The highest BCUT2D eigenvalue weighted by Gasteiger charge is 2.09. The number of benzene rings is 2. The van der Waals surface area contributed by atoms with Crippen molar-refractivity contribution in [3.05, 3.63) is 53.1 Å². The summed E-state index contributed by atoms with van der Waals surface area (Å²) >= 11 is 0. The molecule has 0 spiro atoms. The van der Waals surface area contributed by atoms with Crippen molar-refractivity contribution < 1.29 is 9.90 Å². The summed E-state index contributed by atoms with van der Waals surface area (Å²) in [6.07, 6.45) is 0. The van der Waals surface area contributed by atoms with Crippen LogP contribution in [0.4, 0.5) is 5.69 Å². The average molecular weight is 269 g/mol. The molecule has 0 aliphatic carbocycles. The number of carbonyl (C=O) groups is 1. The molecule has 0 aliphatic rings. The molecule has 2 aromatic rings. The van der Waals surface area contributed by atoms with E-state index in [9.17, 15) is 4.79 Å². The normalized spacial score (nSPS) is 10.9. The number of rotatable bonds is 3. The van der Waals surface area contributed by atoms with Crippen molar-refractivity contribution in [3.8, 4) is 11.1 Å². The summed E-state index contributed by atoms with van der Waals surface area (Å²) in [5.41, 5.74) is 5.08. The molecular formula is C15H15N3O2. The molecule has 2 aromatic carbocycles. The van der Waals surface area contributed by atoms with Gasteiger partial charge in [-0.25, -0.2) is 4.79 Å². The second-order valence-corrected chi connectivity index (χ2v) is 4.48. The van der Waals surface area contributed by atoms with Gasteiger partial charge in [0.1, 0.15) is 0 Å². The van der Waals surface area contributed by atoms with Gasteiger partial charge in [0.05, 0.1) is 11.3 Å². The molecule has 0 unspecified atom stereocenters. The van der Waals surface area contributed by atoms with Gasteiger partial charge >= 0.3 is 5.97 Å². The number of carboxylic acids is 1. The van der Waals surface area contributed by atoms with Crippen LogP contribution in [0.25, 0.3) is 11.1 Å². The van der Waals surface area contributed by atoms with Crippen LogP contribution in [0.3, 0.4) is 0 Å². The lowest BCUT2D eigenvalue weighted by Crippen LogP contribution is -1.95. The third-order valence-electron chi connectivity index (χ3n) is 3.37. The number of aromatic carboxylic acids is 1. The summed E-state index contributed by atoms with van der Waals surface area (Å²) < 4.78 is 0. The van der Waals surface area contributed by atoms with Gasteiger partial charge in [-0.05, 0) is 54.3 Å². The lowest BCUT2D eigenvalue weighted by molar-refractivity contribution is 0.0697. The smallest absolute Gasteiger partial charge is 0.335 e. The van der Waals surface area contributed by atoms with Gasteiger partial charge in [-0.3, -0.25) is 0 Å². The molecular weight excluding hydrogens is 254 g/mol. The number of nitrogens with two attached hydrogens (primary N) is 1. The van der Waals surface area contributed by atoms with E-state index in [0.717, 1.165) is 27.9 Å².